The summed E-state index contributed by atoms with van der Waals surface area (Å²) in [6.45, 7) is 11.0. The standard InChI is InChI=1S/C25H28FN5O2.C2H6/c1-17-15-31(16-28-17)21-10-5-18(13-22(21)32-4)14-23-24(27-11-12-33-23)30-25(2,3)29-20-8-6-19(26)7-9-20;1-2/h5-10,13-16,29H,11-12H2,1-4H3,(H,27,30);1-2H3/b23-14-;. The molecule has 1 aliphatic rings. The summed E-state index contributed by atoms with van der Waals surface area (Å²) < 4.78 is 26.7. The molecule has 0 bridgehead atoms. The van der Waals surface area contributed by atoms with E-state index in [1.54, 1.807) is 25.6 Å². The number of aliphatic imine (C=N–C) groups is 1. The SMILES string of the molecule is CC.COc1cc(/C=C2\OCCN=C2NC(C)(C)Nc2ccc(F)cc2)ccc1-n1cnc(C)c1. The molecule has 2 aromatic carbocycles. The molecule has 0 aliphatic carbocycles. The fourth-order valence-corrected chi connectivity index (χ4v) is 3.59. The van der Waals surface area contributed by atoms with Gasteiger partial charge in [0.15, 0.2) is 11.6 Å². The van der Waals surface area contributed by atoms with Gasteiger partial charge < -0.3 is 24.7 Å². The minimum absolute atomic E-state index is 0.272. The van der Waals surface area contributed by atoms with E-state index in [0.717, 1.165) is 28.4 Å². The van der Waals surface area contributed by atoms with Crippen molar-refractivity contribution in [1.82, 2.24) is 14.9 Å². The summed E-state index contributed by atoms with van der Waals surface area (Å²) in [7, 11) is 1.65. The van der Waals surface area contributed by atoms with Gasteiger partial charge in [-0.3, -0.25) is 4.99 Å². The average molecular weight is 480 g/mol. The van der Waals surface area contributed by atoms with Crippen LogP contribution in [-0.2, 0) is 4.74 Å². The molecule has 0 spiro atoms. The first-order valence-electron chi connectivity index (χ1n) is 11.7. The molecule has 186 valence electrons. The van der Waals surface area contributed by atoms with E-state index in [1.165, 1.54) is 12.1 Å². The summed E-state index contributed by atoms with van der Waals surface area (Å²) in [4.78, 5) is 8.92. The van der Waals surface area contributed by atoms with Crippen LogP contribution >= 0.6 is 0 Å². The lowest BCUT2D eigenvalue weighted by Crippen LogP contribution is -2.51. The number of halogens is 1. The molecule has 0 amide bonds. The van der Waals surface area contributed by atoms with Crippen molar-refractivity contribution in [3.05, 3.63) is 77.8 Å². The molecule has 0 saturated heterocycles. The van der Waals surface area contributed by atoms with Gasteiger partial charge in [-0.15, -0.1) is 0 Å². The van der Waals surface area contributed by atoms with Crippen LogP contribution in [0.15, 0.2) is 65.7 Å². The van der Waals surface area contributed by atoms with Gasteiger partial charge in [0.2, 0.25) is 0 Å². The zero-order chi connectivity index (χ0) is 25.4. The van der Waals surface area contributed by atoms with Crippen molar-refractivity contribution in [3.63, 3.8) is 0 Å². The van der Waals surface area contributed by atoms with Crippen LogP contribution in [0.5, 0.6) is 5.75 Å². The van der Waals surface area contributed by atoms with Crippen LogP contribution in [0.1, 0.15) is 39.0 Å². The third-order valence-corrected chi connectivity index (χ3v) is 5.08. The summed E-state index contributed by atoms with van der Waals surface area (Å²) in [5.74, 6) is 1.74. The minimum Gasteiger partial charge on any atom is -0.495 e. The molecule has 0 atom stereocenters. The van der Waals surface area contributed by atoms with E-state index >= 15 is 0 Å². The van der Waals surface area contributed by atoms with E-state index in [1.807, 2.05) is 69.7 Å². The van der Waals surface area contributed by atoms with Crippen LogP contribution in [0.2, 0.25) is 0 Å². The second kappa shape index (κ2) is 11.6. The first-order valence-corrected chi connectivity index (χ1v) is 11.7. The third-order valence-electron chi connectivity index (χ3n) is 5.08. The molecule has 1 aliphatic heterocycles. The topological polar surface area (TPSA) is 72.7 Å². The Bertz CT molecular complexity index is 1180. The van der Waals surface area contributed by atoms with Crippen LogP contribution in [0.4, 0.5) is 10.1 Å². The summed E-state index contributed by atoms with van der Waals surface area (Å²) in [5.41, 5.74) is 3.00. The number of aryl methyl sites for hydroxylation is 1. The zero-order valence-corrected chi connectivity index (χ0v) is 21.2. The lowest BCUT2D eigenvalue weighted by Gasteiger charge is -2.32. The molecule has 1 aromatic heterocycles. The molecule has 7 nitrogen and oxygen atoms in total. The highest BCUT2D eigenvalue weighted by molar-refractivity contribution is 6.01. The monoisotopic (exact) mass is 479 g/mol. The fraction of sp³-hybridized carbons (Fsp3) is 0.333. The molecule has 35 heavy (non-hydrogen) atoms. The summed E-state index contributed by atoms with van der Waals surface area (Å²) in [6, 6.07) is 12.2. The molecule has 4 rings (SSSR count). The molecule has 0 unspecified atom stereocenters. The number of rotatable bonds is 6. The first kappa shape index (κ1) is 25.8. The number of nitrogens with zero attached hydrogens (tertiary/aromatic N) is 3. The van der Waals surface area contributed by atoms with Crippen LogP contribution in [0.25, 0.3) is 11.8 Å². The molecule has 8 heteroatoms. The van der Waals surface area contributed by atoms with Crippen LogP contribution in [0, 0.1) is 12.7 Å². The highest BCUT2D eigenvalue weighted by atomic mass is 19.1. The number of nitrogens with one attached hydrogen (secondary N) is 2. The Morgan fingerprint density at radius 1 is 1.11 bits per heavy atom. The maximum absolute atomic E-state index is 13.2. The Balaban J connectivity index is 0.00000167. The summed E-state index contributed by atoms with van der Waals surface area (Å²) in [6.07, 6.45) is 5.65. The number of hydrogen-bond donors (Lipinski definition) is 2. The van der Waals surface area contributed by atoms with E-state index in [0.29, 0.717) is 24.7 Å². The van der Waals surface area contributed by atoms with Gasteiger partial charge in [0.05, 0.1) is 31.4 Å². The van der Waals surface area contributed by atoms with E-state index in [-0.39, 0.29) is 5.82 Å². The average Bonchev–Trinajstić information content (AvgIpc) is 3.28. The number of hydrogen-bond acceptors (Lipinski definition) is 6. The second-order valence-electron chi connectivity index (χ2n) is 8.32. The van der Waals surface area contributed by atoms with Crippen LogP contribution in [0.3, 0.4) is 0 Å². The molecule has 0 fully saturated rings. The van der Waals surface area contributed by atoms with Crippen molar-refractivity contribution in [2.75, 3.05) is 25.6 Å². The van der Waals surface area contributed by atoms with Crippen molar-refractivity contribution < 1.29 is 13.9 Å². The van der Waals surface area contributed by atoms with Crippen molar-refractivity contribution >= 4 is 17.6 Å². The predicted molar refractivity (Wildman–Crippen MR) is 140 cm³/mol. The van der Waals surface area contributed by atoms with E-state index in [4.69, 9.17) is 9.47 Å². The number of ether oxygens (including phenoxy) is 2. The summed E-state index contributed by atoms with van der Waals surface area (Å²) in [5, 5.41) is 6.76. The van der Waals surface area contributed by atoms with Gasteiger partial charge in [0.1, 0.15) is 23.8 Å². The van der Waals surface area contributed by atoms with E-state index in [9.17, 15) is 4.39 Å². The Morgan fingerprint density at radius 3 is 2.51 bits per heavy atom. The number of anilines is 1. The molecule has 2 N–H and O–H groups in total. The molecule has 0 radical (unpaired) electrons. The Kier molecular flexibility index (Phi) is 8.52. The number of benzene rings is 2. The number of aromatic nitrogens is 2. The van der Waals surface area contributed by atoms with Gasteiger partial charge in [-0.05, 0) is 68.8 Å². The minimum atomic E-state index is -0.558. The molecule has 0 saturated carbocycles. The third kappa shape index (κ3) is 6.85. The van der Waals surface area contributed by atoms with Gasteiger partial charge in [-0.2, -0.15) is 0 Å². The lowest BCUT2D eigenvalue weighted by molar-refractivity contribution is 0.230. The zero-order valence-electron chi connectivity index (χ0n) is 21.2. The fourth-order valence-electron chi connectivity index (χ4n) is 3.59. The van der Waals surface area contributed by atoms with Gasteiger partial charge >= 0.3 is 0 Å². The van der Waals surface area contributed by atoms with Crippen molar-refractivity contribution in [1.29, 1.82) is 0 Å². The second-order valence-corrected chi connectivity index (χ2v) is 8.32. The first-order chi connectivity index (χ1) is 16.8. The number of amidine groups is 1. The quantitative estimate of drug-likeness (QED) is 0.453. The normalized spacial score (nSPS) is 14.4. The molecule has 2 heterocycles. The van der Waals surface area contributed by atoms with Crippen molar-refractivity contribution in [3.8, 4) is 11.4 Å². The van der Waals surface area contributed by atoms with Crippen LogP contribution in [-0.4, -0.2) is 41.3 Å². The Hall–Kier alpha value is -3.81. The molecular formula is C27H34FN5O2. The van der Waals surface area contributed by atoms with Gasteiger partial charge in [0, 0.05) is 11.9 Å². The highest BCUT2D eigenvalue weighted by Gasteiger charge is 2.23. The number of imidazole rings is 1. The maximum atomic E-state index is 13.2. The van der Waals surface area contributed by atoms with E-state index < -0.39 is 5.66 Å². The van der Waals surface area contributed by atoms with Crippen molar-refractivity contribution in [2.45, 2.75) is 40.3 Å². The van der Waals surface area contributed by atoms with Crippen molar-refractivity contribution in [2.24, 2.45) is 4.99 Å². The number of methoxy groups -OCH3 is 1. The lowest BCUT2D eigenvalue weighted by atomic mass is 10.1. The largest absolute Gasteiger partial charge is 0.495 e. The van der Waals surface area contributed by atoms with Gasteiger partial charge in [0.25, 0.3) is 0 Å². The highest BCUT2D eigenvalue weighted by Crippen LogP contribution is 2.26. The molecular weight excluding hydrogens is 445 g/mol. The van der Waals surface area contributed by atoms with E-state index in [2.05, 4.69) is 20.6 Å². The van der Waals surface area contributed by atoms with Crippen LogP contribution < -0.4 is 15.4 Å². The predicted octanol–water partition coefficient (Wildman–Crippen LogP) is 5.56. The maximum Gasteiger partial charge on any atom is 0.166 e. The summed E-state index contributed by atoms with van der Waals surface area (Å²) >= 11 is 0. The molecule has 3 aromatic rings. The Morgan fingerprint density at radius 2 is 1.86 bits per heavy atom. The van der Waals surface area contributed by atoms with Gasteiger partial charge in [-0.25, -0.2) is 9.37 Å². The van der Waals surface area contributed by atoms with Gasteiger partial charge in [-0.1, -0.05) is 19.9 Å². The Labute approximate surface area is 206 Å². The smallest absolute Gasteiger partial charge is 0.166 e.